The van der Waals surface area contributed by atoms with E-state index in [-0.39, 0.29) is 12.0 Å². The van der Waals surface area contributed by atoms with Crippen molar-refractivity contribution in [1.29, 1.82) is 0 Å². The Morgan fingerprint density at radius 1 is 1.17 bits per heavy atom. The Kier molecular flexibility index (Phi) is 4.01. The molecule has 2 aromatic rings. The van der Waals surface area contributed by atoms with Crippen molar-refractivity contribution >= 4 is 23.5 Å². The normalized spacial score (nSPS) is 18.4. The average molecular weight is 344 g/mol. The summed E-state index contributed by atoms with van der Waals surface area (Å²) in [4.78, 5) is 12.3. The monoisotopic (exact) mass is 343 g/mol. The van der Waals surface area contributed by atoms with Gasteiger partial charge in [0.25, 0.3) is 0 Å². The van der Waals surface area contributed by atoms with Crippen LogP contribution in [0.15, 0.2) is 24.3 Å². The molecule has 1 unspecified atom stereocenters. The number of benzene rings is 1. The molecule has 122 valence electrons. The molecule has 1 atom stereocenters. The summed E-state index contributed by atoms with van der Waals surface area (Å²) in [5.41, 5.74) is 6.26. The molecule has 0 saturated carbocycles. The van der Waals surface area contributed by atoms with Gasteiger partial charge in [-0.2, -0.15) is 28.1 Å². The largest absolute Gasteiger partial charge is 0.451 e. The number of rotatable bonds is 2. The second-order valence-corrected chi connectivity index (χ2v) is 5.60. The van der Waals surface area contributed by atoms with Crippen molar-refractivity contribution in [3.8, 4) is 0 Å². The third kappa shape index (κ3) is 3.17. The summed E-state index contributed by atoms with van der Waals surface area (Å²) in [7, 11) is 0. The fraction of sp³-hybridized carbons (Fsp3) is 0.357. The van der Waals surface area contributed by atoms with Gasteiger partial charge in [0.15, 0.2) is 0 Å². The Morgan fingerprint density at radius 3 is 2.61 bits per heavy atom. The molecule has 1 aromatic heterocycles. The highest BCUT2D eigenvalue weighted by Gasteiger charge is 2.37. The predicted molar refractivity (Wildman–Crippen MR) is 80.0 cm³/mol. The van der Waals surface area contributed by atoms with E-state index in [1.807, 2.05) is 12.1 Å². The van der Waals surface area contributed by atoms with E-state index in [1.165, 1.54) is 0 Å². The van der Waals surface area contributed by atoms with Gasteiger partial charge in [0.2, 0.25) is 17.7 Å². The van der Waals surface area contributed by atoms with Crippen LogP contribution < -0.4 is 10.6 Å². The molecule has 1 fully saturated rings. The highest BCUT2D eigenvalue weighted by Crippen LogP contribution is 2.38. The highest BCUT2D eigenvalue weighted by molar-refractivity contribution is 6.31. The minimum absolute atomic E-state index is 0.0766. The summed E-state index contributed by atoms with van der Waals surface area (Å²) in [5.74, 6) is -1.82. The fourth-order valence-electron chi connectivity index (χ4n) is 2.71. The minimum Gasteiger partial charge on any atom is -0.368 e. The number of anilines is 2. The maximum atomic E-state index is 12.9. The fourth-order valence-corrected chi connectivity index (χ4v) is 2.97. The van der Waals surface area contributed by atoms with Gasteiger partial charge >= 0.3 is 6.18 Å². The standard InChI is InChI=1S/C14H13ClF3N5/c15-9-5-2-1-4-8(9)10-6-3-7-23(10)13-21-11(14(16,17)18)20-12(19)22-13/h1-2,4-5,10H,3,6-7H2,(H2,19,20,21,22). The molecule has 3 rings (SSSR count). The summed E-state index contributed by atoms with van der Waals surface area (Å²) in [5, 5.41) is 0.558. The molecule has 2 heterocycles. The Labute approximate surface area is 135 Å². The summed E-state index contributed by atoms with van der Waals surface area (Å²) in [6, 6.07) is 7.04. The van der Waals surface area contributed by atoms with E-state index < -0.39 is 17.9 Å². The van der Waals surface area contributed by atoms with Gasteiger partial charge in [-0.1, -0.05) is 29.8 Å². The maximum Gasteiger partial charge on any atom is 0.451 e. The summed E-state index contributed by atoms with van der Waals surface area (Å²) >= 11 is 6.21. The van der Waals surface area contributed by atoms with Crippen LogP contribution in [-0.2, 0) is 6.18 Å². The van der Waals surface area contributed by atoms with E-state index in [0.29, 0.717) is 11.6 Å². The number of alkyl halides is 3. The summed E-state index contributed by atoms with van der Waals surface area (Å²) < 4.78 is 38.6. The Morgan fingerprint density at radius 2 is 1.91 bits per heavy atom. The lowest BCUT2D eigenvalue weighted by Gasteiger charge is -2.26. The quantitative estimate of drug-likeness (QED) is 0.904. The van der Waals surface area contributed by atoms with Gasteiger partial charge in [-0.3, -0.25) is 0 Å². The second kappa shape index (κ2) is 5.84. The van der Waals surface area contributed by atoms with Crippen molar-refractivity contribution in [2.75, 3.05) is 17.2 Å². The second-order valence-electron chi connectivity index (χ2n) is 5.19. The first kappa shape index (κ1) is 15.8. The molecule has 9 heteroatoms. The molecule has 0 spiro atoms. The lowest BCUT2D eigenvalue weighted by atomic mass is 10.0. The zero-order valence-corrected chi connectivity index (χ0v) is 12.6. The van der Waals surface area contributed by atoms with Gasteiger partial charge in [0, 0.05) is 11.6 Å². The minimum atomic E-state index is -4.68. The number of hydrogen-bond acceptors (Lipinski definition) is 5. The Bertz CT molecular complexity index is 722. The number of nitrogen functional groups attached to an aromatic ring is 1. The molecule has 0 amide bonds. The number of nitrogens with zero attached hydrogens (tertiary/aromatic N) is 4. The average Bonchev–Trinajstić information content (AvgIpc) is 2.95. The number of hydrogen-bond donors (Lipinski definition) is 1. The summed E-state index contributed by atoms with van der Waals surface area (Å²) in [6.45, 7) is 0.524. The smallest absolute Gasteiger partial charge is 0.368 e. The lowest BCUT2D eigenvalue weighted by molar-refractivity contribution is -0.144. The zero-order valence-electron chi connectivity index (χ0n) is 11.9. The molecular formula is C14H13ClF3N5. The molecule has 23 heavy (non-hydrogen) atoms. The van der Waals surface area contributed by atoms with Crippen LogP contribution in [0.4, 0.5) is 25.1 Å². The first-order valence-electron chi connectivity index (χ1n) is 6.96. The van der Waals surface area contributed by atoms with Crippen molar-refractivity contribution in [3.63, 3.8) is 0 Å². The molecule has 5 nitrogen and oxygen atoms in total. The van der Waals surface area contributed by atoms with Crippen molar-refractivity contribution in [2.24, 2.45) is 0 Å². The van der Waals surface area contributed by atoms with Crippen LogP contribution in [0.3, 0.4) is 0 Å². The van der Waals surface area contributed by atoms with E-state index in [4.69, 9.17) is 17.3 Å². The zero-order chi connectivity index (χ0) is 16.6. The first-order valence-corrected chi connectivity index (χ1v) is 7.34. The Hall–Kier alpha value is -2.09. The van der Waals surface area contributed by atoms with Crippen LogP contribution in [0.25, 0.3) is 0 Å². The van der Waals surface area contributed by atoms with Crippen LogP contribution >= 0.6 is 11.6 Å². The first-order chi connectivity index (χ1) is 10.9. The van der Waals surface area contributed by atoms with E-state index in [2.05, 4.69) is 15.0 Å². The van der Waals surface area contributed by atoms with Gasteiger partial charge in [-0.25, -0.2) is 0 Å². The SMILES string of the molecule is Nc1nc(N2CCCC2c2ccccc2Cl)nc(C(F)(F)F)n1. The van der Waals surface area contributed by atoms with Crippen LogP contribution in [0, 0.1) is 0 Å². The molecule has 1 aliphatic rings. The summed E-state index contributed by atoms with van der Waals surface area (Å²) in [6.07, 6.45) is -3.13. The topological polar surface area (TPSA) is 67.9 Å². The molecule has 1 saturated heterocycles. The molecule has 0 bridgehead atoms. The van der Waals surface area contributed by atoms with Crippen LogP contribution in [0.5, 0.6) is 0 Å². The van der Waals surface area contributed by atoms with Gasteiger partial charge < -0.3 is 10.6 Å². The van der Waals surface area contributed by atoms with Crippen molar-refractivity contribution in [3.05, 3.63) is 40.7 Å². The molecule has 0 aliphatic carbocycles. The van der Waals surface area contributed by atoms with E-state index in [9.17, 15) is 13.2 Å². The van der Waals surface area contributed by atoms with Crippen molar-refractivity contribution in [2.45, 2.75) is 25.1 Å². The van der Waals surface area contributed by atoms with E-state index >= 15 is 0 Å². The molecule has 0 radical (unpaired) electrons. The van der Waals surface area contributed by atoms with Crippen molar-refractivity contribution < 1.29 is 13.2 Å². The number of aromatic nitrogens is 3. The van der Waals surface area contributed by atoms with Gasteiger partial charge in [-0.15, -0.1) is 0 Å². The van der Waals surface area contributed by atoms with Crippen LogP contribution in [-0.4, -0.2) is 21.5 Å². The third-order valence-electron chi connectivity index (χ3n) is 3.67. The van der Waals surface area contributed by atoms with Crippen LogP contribution in [0.2, 0.25) is 5.02 Å². The van der Waals surface area contributed by atoms with Crippen LogP contribution in [0.1, 0.15) is 30.3 Å². The maximum absolute atomic E-state index is 12.9. The number of halogens is 4. The molecule has 1 aromatic carbocycles. The third-order valence-corrected chi connectivity index (χ3v) is 4.01. The van der Waals surface area contributed by atoms with Gasteiger partial charge in [0.05, 0.1) is 6.04 Å². The van der Waals surface area contributed by atoms with Gasteiger partial charge in [-0.05, 0) is 24.5 Å². The molecule has 2 N–H and O–H groups in total. The highest BCUT2D eigenvalue weighted by atomic mass is 35.5. The molecular weight excluding hydrogens is 331 g/mol. The van der Waals surface area contributed by atoms with E-state index in [1.54, 1.807) is 17.0 Å². The Balaban J connectivity index is 2.01. The lowest BCUT2D eigenvalue weighted by Crippen LogP contribution is -2.27. The molecule has 1 aliphatic heterocycles. The predicted octanol–water partition coefficient (Wildman–Crippen LogP) is 3.47. The number of nitrogens with two attached hydrogens (primary N) is 1. The van der Waals surface area contributed by atoms with Gasteiger partial charge in [0.1, 0.15) is 0 Å². The van der Waals surface area contributed by atoms with E-state index in [0.717, 1.165) is 18.4 Å². The van der Waals surface area contributed by atoms with Crippen molar-refractivity contribution in [1.82, 2.24) is 15.0 Å².